The molecule has 0 saturated heterocycles. The molecule has 166 valence electrons. The molecule has 1 aromatic heterocycles. The number of nitrogens with zero attached hydrogens (tertiary/aromatic N) is 2. The number of hydrogen-bond donors (Lipinski definition) is 1. The molecule has 3 rings (SSSR count). The number of aromatic nitrogens is 2. The fraction of sp³-hybridized carbons (Fsp3) is 0.391. The van der Waals surface area contributed by atoms with Crippen LogP contribution in [-0.2, 0) is 0 Å². The van der Waals surface area contributed by atoms with Crippen LogP contribution < -0.4 is 14.8 Å². The first-order chi connectivity index (χ1) is 14.8. The minimum Gasteiger partial charge on any atom is -0.490 e. The second-order valence-corrected chi connectivity index (χ2v) is 7.60. The topological polar surface area (TPSA) is 65.4 Å². The molecule has 0 aliphatic heterocycles. The molecule has 1 heterocycles. The van der Waals surface area contributed by atoms with Gasteiger partial charge in [0.25, 0.3) is 5.91 Å². The summed E-state index contributed by atoms with van der Waals surface area (Å²) < 4.78 is 39.6. The number of halogens is 2. The zero-order valence-electron chi connectivity index (χ0n) is 18.1. The first-order valence-corrected chi connectivity index (χ1v) is 10.3. The number of para-hydroxylation sites is 2. The lowest BCUT2D eigenvalue weighted by molar-refractivity contribution is 0.0688. The van der Waals surface area contributed by atoms with E-state index < -0.39 is 18.5 Å². The van der Waals surface area contributed by atoms with E-state index in [4.69, 9.17) is 9.47 Å². The highest BCUT2D eigenvalue weighted by Crippen LogP contribution is 2.30. The Morgan fingerprint density at radius 1 is 1.10 bits per heavy atom. The summed E-state index contributed by atoms with van der Waals surface area (Å²) in [7, 11) is 0. The van der Waals surface area contributed by atoms with Crippen molar-refractivity contribution in [3.63, 3.8) is 0 Å². The van der Waals surface area contributed by atoms with Gasteiger partial charge in [0.15, 0.2) is 11.5 Å². The molecule has 1 N–H and O–H groups in total. The molecule has 0 fully saturated rings. The number of fused-ring (bicyclic) bond motifs is 1. The maximum Gasteiger partial charge on any atom is 0.320 e. The minimum absolute atomic E-state index is 0.0893. The van der Waals surface area contributed by atoms with Crippen molar-refractivity contribution in [2.75, 3.05) is 13.2 Å². The van der Waals surface area contributed by atoms with Crippen molar-refractivity contribution in [2.45, 2.75) is 40.3 Å². The minimum atomic E-state index is -2.77. The Labute approximate surface area is 180 Å². The molecule has 0 aliphatic rings. The predicted octanol–water partition coefficient (Wildman–Crippen LogP) is 5.36. The second kappa shape index (κ2) is 9.76. The van der Waals surface area contributed by atoms with E-state index in [2.05, 4.69) is 10.3 Å². The van der Waals surface area contributed by atoms with E-state index in [0.717, 1.165) is 4.57 Å². The summed E-state index contributed by atoms with van der Waals surface area (Å²) >= 11 is 0. The van der Waals surface area contributed by atoms with E-state index in [1.54, 1.807) is 49.4 Å². The molecule has 0 saturated carbocycles. The summed E-state index contributed by atoms with van der Waals surface area (Å²) in [4.78, 5) is 17.1. The van der Waals surface area contributed by atoms with Crippen LogP contribution >= 0.6 is 0 Å². The molecule has 1 unspecified atom stereocenters. The van der Waals surface area contributed by atoms with Gasteiger partial charge < -0.3 is 14.8 Å². The van der Waals surface area contributed by atoms with Crippen LogP contribution in [0.1, 0.15) is 56.5 Å². The van der Waals surface area contributed by atoms with Gasteiger partial charge in [-0.1, -0.05) is 26.0 Å². The average Bonchev–Trinajstić information content (AvgIpc) is 3.13. The lowest BCUT2D eigenvalue weighted by Gasteiger charge is -2.17. The highest BCUT2D eigenvalue weighted by atomic mass is 19.3. The Morgan fingerprint density at radius 3 is 2.52 bits per heavy atom. The molecule has 0 radical (unpaired) electrons. The summed E-state index contributed by atoms with van der Waals surface area (Å²) in [5, 5.41) is 2.76. The SMILES string of the molecule is CCOc1cc(C(=O)NC(C)c2nc3ccccc3n2C(F)F)ccc1OCC(C)C. The number of nitrogens with one attached hydrogen (secondary N) is 1. The zero-order valence-corrected chi connectivity index (χ0v) is 18.1. The molecule has 0 aliphatic carbocycles. The summed E-state index contributed by atoms with van der Waals surface area (Å²) in [6, 6.07) is 10.8. The van der Waals surface area contributed by atoms with Gasteiger partial charge in [-0.25, -0.2) is 4.98 Å². The Kier molecular flexibility index (Phi) is 7.09. The third kappa shape index (κ3) is 5.13. The number of ether oxygens (including phenoxy) is 2. The number of imidazole rings is 1. The first-order valence-electron chi connectivity index (χ1n) is 10.3. The molecule has 3 aromatic rings. The number of rotatable bonds is 9. The molecule has 0 spiro atoms. The van der Waals surface area contributed by atoms with Gasteiger partial charge in [-0.3, -0.25) is 9.36 Å². The Bertz CT molecular complexity index is 1050. The van der Waals surface area contributed by atoms with Crippen LogP contribution in [0.5, 0.6) is 11.5 Å². The van der Waals surface area contributed by atoms with E-state index in [0.29, 0.717) is 47.2 Å². The lowest BCUT2D eigenvalue weighted by atomic mass is 10.1. The quantitative estimate of drug-likeness (QED) is 0.496. The number of hydrogen-bond acceptors (Lipinski definition) is 4. The molecule has 6 nitrogen and oxygen atoms in total. The number of carbonyl (C=O) groups excluding carboxylic acids is 1. The van der Waals surface area contributed by atoms with Crippen molar-refractivity contribution in [3.8, 4) is 11.5 Å². The van der Waals surface area contributed by atoms with Crippen molar-refractivity contribution in [2.24, 2.45) is 5.92 Å². The average molecular weight is 431 g/mol. The Morgan fingerprint density at radius 2 is 1.84 bits per heavy atom. The van der Waals surface area contributed by atoms with Crippen molar-refractivity contribution in [1.82, 2.24) is 14.9 Å². The molecular formula is C23H27F2N3O3. The largest absolute Gasteiger partial charge is 0.490 e. The molecule has 1 atom stereocenters. The smallest absolute Gasteiger partial charge is 0.320 e. The van der Waals surface area contributed by atoms with E-state index in [1.165, 1.54) is 0 Å². The highest BCUT2D eigenvalue weighted by Gasteiger charge is 2.23. The van der Waals surface area contributed by atoms with Crippen LogP contribution in [-0.4, -0.2) is 28.7 Å². The van der Waals surface area contributed by atoms with Gasteiger partial charge in [-0.2, -0.15) is 8.78 Å². The van der Waals surface area contributed by atoms with Gasteiger partial charge in [-0.15, -0.1) is 0 Å². The number of alkyl halides is 2. The van der Waals surface area contributed by atoms with Gasteiger partial charge in [0.1, 0.15) is 5.82 Å². The number of carbonyl (C=O) groups is 1. The molecule has 8 heteroatoms. The van der Waals surface area contributed by atoms with E-state index >= 15 is 0 Å². The molecule has 1 amide bonds. The van der Waals surface area contributed by atoms with Crippen LogP contribution in [0, 0.1) is 5.92 Å². The van der Waals surface area contributed by atoms with Crippen molar-refractivity contribution < 1.29 is 23.0 Å². The fourth-order valence-corrected chi connectivity index (χ4v) is 3.21. The van der Waals surface area contributed by atoms with Crippen molar-refractivity contribution >= 4 is 16.9 Å². The van der Waals surface area contributed by atoms with Crippen LogP contribution in [0.2, 0.25) is 0 Å². The summed E-state index contributed by atoms with van der Waals surface area (Å²) in [5.74, 6) is 1.03. The van der Waals surface area contributed by atoms with Gasteiger partial charge in [-0.05, 0) is 50.1 Å². The van der Waals surface area contributed by atoms with Crippen LogP contribution in [0.4, 0.5) is 8.78 Å². The van der Waals surface area contributed by atoms with Gasteiger partial charge >= 0.3 is 6.55 Å². The second-order valence-electron chi connectivity index (χ2n) is 7.60. The number of amides is 1. The van der Waals surface area contributed by atoms with Gasteiger partial charge in [0.05, 0.1) is 30.3 Å². The molecule has 31 heavy (non-hydrogen) atoms. The van der Waals surface area contributed by atoms with Gasteiger partial charge in [0.2, 0.25) is 0 Å². The Hall–Kier alpha value is -3.16. The summed E-state index contributed by atoms with van der Waals surface area (Å²) in [6.45, 7) is 5.71. The predicted molar refractivity (Wildman–Crippen MR) is 115 cm³/mol. The highest BCUT2D eigenvalue weighted by molar-refractivity contribution is 5.95. The normalized spacial score (nSPS) is 12.4. The van der Waals surface area contributed by atoms with E-state index in [-0.39, 0.29) is 5.82 Å². The molecule has 0 bridgehead atoms. The fourth-order valence-electron chi connectivity index (χ4n) is 3.21. The summed E-state index contributed by atoms with van der Waals surface area (Å²) in [6.07, 6.45) is 0. The monoisotopic (exact) mass is 431 g/mol. The maximum atomic E-state index is 13.7. The third-order valence-corrected chi connectivity index (χ3v) is 4.63. The molecule has 2 aromatic carbocycles. The van der Waals surface area contributed by atoms with Crippen molar-refractivity contribution in [3.05, 3.63) is 53.9 Å². The molecular weight excluding hydrogens is 404 g/mol. The zero-order chi connectivity index (χ0) is 22.5. The van der Waals surface area contributed by atoms with Gasteiger partial charge in [0, 0.05) is 5.56 Å². The van der Waals surface area contributed by atoms with Crippen LogP contribution in [0.15, 0.2) is 42.5 Å². The summed E-state index contributed by atoms with van der Waals surface area (Å²) in [5.41, 5.74) is 1.11. The lowest BCUT2D eigenvalue weighted by Crippen LogP contribution is -2.29. The first kappa shape index (κ1) is 22.5. The van der Waals surface area contributed by atoms with Crippen LogP contribution in [0.25, 0.3) is 11.0 Å². The maximum absolute atomic E-state index is 13.7. The van der Waals surface area contributed by atoms with E-state index in [1.807, 2.05) is 20.8 Å². The number of benzene rings is 2. The van der Waals surface area contributed by atoms with Crippen LogP contribution in [0.3, 0.4) is 0 Å². The standard InChI is InChI=1S/C23H27F2N3O3/c1-5-30-20-12-16(10-11-19(20)31-13-14(2)3)22(29)26-15(4)21-27-17-8-6-7-9-18(17)28(21)23(24)25/h6-12,14-15,23H,5,13H2,1-4H3,(H,26,29). The Balaban J connectivity index is 1.83. The van der Waals surface area contributed by atoms with Crippen molar-refractivity contribution in [1.29, 1.82) is 0 Å². The third-order valence-electron chi connectivity index (χ3n) is 4.63. The van der Waals surface area contributed by atoms with E-state index in [9.17, 15) is 13.6 Å².